The number of primary amides is 1. The fourth-order valence-corrected chi connectivity index (χ4v) is 1.60. The Morgan fingerprint density at radius 2 is 1.57 bits per heavy atom. The van der Waals surface area contributed by atoms with E-state index >= 15 is 0 Å². The molecule has 1 unspecified atom stereocenters. The van der Waals surface area contributed by atoms with Crippen LogP contribution in [0.2, 0.25) is 0 Å². The molecule has 0 aromatic heterocycles. The summed E-state index contributed by atoms with van der Waals surface area (Å²) in [4.78, 5) is 13.2. The summed E-state index contributed by atoms with van der Waals surface area (Å²) in [6.45, 7) is 11.5. The van der Waals surface area contributed by atoms with Crippen molar-refractivity contribution in [3.63, 3.8) is 0 Å². The third-order valence-electron chi connectivity index (χ3n) is 2.63. The predicted octanol–water partition coefficient (Wildman–Crippen LogP) is 1.62. The molecule has 2 N–H and O–H groups in total. The number of nitrogens with two attached hydrogens (primary N) is 1. The van der Waals surface area contributed by atoms with E-state index in [0.717, 1.165) is 13.0 Å². The van der Waals surface area contributed by atoms with Gasteiger partial charge in [0.25, 0.3) is 0 Å². The molecule has 3 heteroatoms. The average molecular weight is 200 g/mol. The monoisotopic (exact) mass is 200 g/mol. The molecule has 0 aliphatic carbocycles. The standard InChI is InChI=1S/C11H24N2O/c1-8(2)13(9(3)4)7-6-10(5)11(12)14/h8-10H,6-7H2,1-5H3,(H2,12,14). The van der Waals surface area contributed by atoms with Crippen LogP contribution >= 0.6 is 0 Å². The minimum atomic E-state index is -0.197. The third kappa shape index (κ3) is 4.61. The largest absolute Gasteiger partial charge is 0.369 e. The van der Waals surface area contributed by atoms with Crippen molar-refractivity contribution in [2.75, 3.05) is 6.54 Å². The first-order valence-electron chi connectivity index (χ1n) is 5.41. The van der Waals surface area contributed by atoms with E-state index in [-0.39, 0.29) is 11.8 Å². The summed E-state index contributed by atoms with van der Waals surface area (Å²) in [7, 11) is 0. The molecule has 3 nitrogen and oxygen atoms in total. The van der Waals surface area contributed by atoms with Gasteiger partial charge >= 0.3 is 0 Å². The number of nitrogens with zero attached hydrogens (tertiary/aromatic N) is 1. The Balaban J connectivity index is 4.00. The van der Waals surface area contributed by atoms with Crippen molar-refractivity contribution in [2.45, 2.75) is 53.1 Å². The first-order valence-corrected chi connectivity index (χ1v) is 5.41. The molecule has 84 valence electrons. The second kappa shape index (κ2) is 6.02. The maximum atomic E-state index is 10.9. The number of hydrogen-bond acceptors (Lipinski definition) is 2. The van der Waals surface area contributed by atoms with Gasteiger partial charge in [0.1, 0.15) is 0 Å². The molecule has 0 saturated heterocycles. The van der Waals surface area contributed by atoms with E-state index in [2.05, 4.69) is 32.6 Å². The molecule has 0 bridgehead atoms. The van der Waals surface area contributed by atoms with Gasteiger partial charge < -0.3 is 5.73 Å². The van der Waals surface area contributed by atoms with Crippen LogP contribution in [0.4, 0.5) is 0 Å². The zero-order valence-electron chi connectivity index (χ0n) is 10.1. The van der Waals surface area contributed by atoms with Crippen LogP contribution in [-0.4, -0.2) is 29.4 Å². The van der Waals surface area contributed by atoms with Crippen LogP contribution in [0, 0.1) is 5.92 Å². The molecule has 1 amide bonds. The molecule has 0 rings (SSSR count). The van der Waals surface area contributed by atoms with Crippen molar-refractivity contribution in [3.05, 3.63) is 0 Å². The van der Waals surface area contributed by atoms with Gasteiger partial charge in [-0.2, -0.15) is 0 Å². The molecule has 1 atom stereocenters. The molecule has 0 fully saturated rings. The molecule has 0 heterocycles. The first-order chi connectivity index (χ1) is 6.36. The summed E-state index contributed by atoms with van der Waals surface area (Å²) in [6, 6.07) is 1.05. The van der Waals surface area contributed by atoms with Crippen LogP contribution in [0.5, 0.6) is 0 Å². The van der Waals surface area contributed by atoms with E-state index in [0.29, 0.717) is 12.1 Å². The normalized spacial score (nSPS) is 14.0. The summed E-state index contributed by atoms with van der Waals surface area (Å²) in [5.41, 5.74) is 5.22. The lowest BCUT2D eigenvalue weighted by atomic mass is 10.1. The van der Waals surface area contributed by atoms with Gasteiger partial charge in [-0.25, -0.2) is 0 Å². The van der Waals surface area contributed by atoms with Crippen LogP contribution in [0.3, 0.4) is 0 Å². The Morgan fingerprint density at radius 3 is 1.86 bits per heavy atom. The van der Waals surface area contributed by atoms with Gasteiger partial charge in [-0.3, -0.25) is 9.69 Å². The van der Waals surface area contributed by atoms with E-state index < -0.39 is 0 Å². The van der Waals surface area contributed by atoms with Gasteiger partial charge in [0, 0.05) is 18.0 Å². The van der Waals surface area contributed by atoms with Crippen molar-refractivity contribution in [1.82, 2.24) is 4.90 Å². The lowest BCUT2D eigenvalue weighted by molar-refractivity contribution is -0.121. The highest BCUT2D eigenvalue weighted by Gasteiger charge is 2.16. The third-order valence-corrected chi connectivity index (χ3v) is 2.63. The Morgan fingerprint density at radius 1 is 1.14 bits per heavy atom. The molecule has 0 radical (unpaired) electrons. The van der Waals surface area contributed by atoms with Gasteiger partial charge in [0.05, 0.1) is 0 Å². The highest BCUT2D eigenvalue weighted by Crippen LogP contribution is 2.09. The lowest BCUT2D eigenvalue weighted by Crippen LogP contribution is -2.39. The minimum Gasteiger partial charge on any atom is -0.369 e. The quantitative estimate of drug-likeness (QED) is 0.708. The van der Waals surface area contributed by atoms with E-state index in [1.807, 2.05) is 6.92 Å². The first kappa shape index (κ1) is 13.4. The van der Waals surface area contributed by atoms with Gasteiger partial charge in [-0.15, -0.1) is 0 Å². The van der Waals surface area contributed by atoms with Crippen molar-refractivity contribution >= 4 is 5.91 Å². The Labute approximate surface area is 87.6 Å². The van der Waals surface area contributed by atoms with Crippen LogP contribution < -0.4 is 5.73 Å². The van der Waals surface area contributed by atoms with Crippen LogP contribution in [-0.2, 0) is 4.79 Å². The fourth-order valence-electron chi connectivity index (χ4n) is 1.60. The molecule has 14 heavy (non-hydrogen) atoms. The Hall–Kier alpha value is -0.570. The second-order valence-electron chi connectivity index (χ2n) is 4.52. The van der Waals surface area contributed by atoms with E-state index in [1.165, 1.54) is 0 Å². The van der Waals surface area contributed by atoms with Gasteiger partial charge in [-0.05, 0) is 40.7 Å². The minimum absolute atomic E-state index is 0.0185. The van der Waals surface area contributed by atoms with Crippen LogP contribution in [0.25, 0.3) is 0 Å². The molecule has 0 aromatic carbocycles. The summed E-state index contributed by atoms with van der Waals surface area (Å²) in [6.07, 6.45) is 0.853. The zero-order chi connectivity index (χ0) is 11.3. The van der Waals surface area contributed by atoms with Gasteiger partial charge in [0.15, 0.2) is 0 Å². The number of hydrogen-bond donors (Lipinski definition) is 1. The molecular weight excluding hydrogens is 176 g/mol. The summed E-state index contributed by atoms with van der Waals surface area (Å²) in [5, 5.41) is 0. The maximum absolute atomic E-state index is 10.9. The average Bonchev–Trinajstić information content (AvgIpc) is 2.02. The van der Waals surface area contributed by atoms with Gasteiger partial charge in [0.2, 0.25) is 5.91 Å². The number of rotatable bonds is 6. The Bertz CT molecular complexity index is 170. The highest BCUT2D eigenvalue weighted by molar-refractivity contribution is 5.76. The van der Waals surface area contributed by atoms with Crippen molar-refractivity contribution in [3.8, 4) is 0 Å². The molecule has 0 aliphatic rings. The summed E-state index contributed by atoms with van der Waals surface area (Å²) in [5.74, 6) is -0.215. The molecular formula is C11H24N2O. The summed E-state index contributed by atoms with van der Waals surface area (Å²) >= 11 is 0. The molecule has 0 spiro atoms. The lowest BCUT2D eigenvalue weighted by Gasteiger charge is -2.31. The highest BCUT2D eigenvalue weighted by atomic mass is 16.1. The molecule has 0 aromatic rings. The topological polar surface area (TPSA) is 46.3 Å². The van der Waals surface area contributed by atoms with E-state index in [9.17, 15) is 4.79 Å². The Kier molecular flexibility index (Phi) is 5.77. The summed E-state index contributed by atoms with van der Waals surface area (Å²) < 4.78 is 0. The zero-order valence-corrected chi connectivity index (χ0v) is 10.1. The fraction of sp³-hybridized carbons (Fsp3) is 0.909. The molecule has 0 aliphatic heterocycles. The number of carbonyl (C=O) groups is 1. The maximum Gasteiger partial charge on any atom is 0.220 e. The van der Waals surface area contributed by atoms with Gasteiger partial charge in [-0.1, -0.05) is 6.92 Å². The number of carbonyl (C=O) groups excluding carboxylic acids is 1. The smallest absolute Gasteiger partial charge is 0.220 e. The van der Waals surface area contributed by atoms with E-state index in [4.69, 9.17) is 5.73 Å². The molecule has 0 saturated carbocycles. The van der Waals surface area contributed by atoms with Crippen molar-refractivity contribution < 1.29 is 4.79 Å². The number of amides is 1. The second-order valence-corrected chi connectivity index (χ2v) is 4.52. The van der Waals surface area contributed by atoms with Crippen molar-refractivity contribution in [2.24, 2.45) is 11.7 Å². The van der Waals surface area contributed by atoms with Crippen LogP contribution in [0.1, 0.15) is 41.0 Å². The SMILES string of the molecule is CC(CCN(C(C)C)C(C)C)C(N)=O. The van der Waals surface area contributed by atoms with Crippen LogP contribution in [0.15, 0.2) is 0 Å². The predicted molar refractivity (Wildman–Crippen MR) is 60.0 cm³/mol. The van der Waals surface area contributed by atoms with Crippen molar-refractivity contribution in [1.29, 1.82) is 0 Å². The van der Waals surface area contributed by atoms with E-state index in [1.54, 1.807) is 0 Å².